The molecule has 0 aromatic rings. The smallest absolute Gasteiger partial charge is 0.306 e. The van der Waals surface area contributed by atoms with Gasteiger partial charge in [-0.3, -0.25) is 9.36 Å². The summed E-state index contributed by atoms with van der Waals surface area (Å²) in [6.07, 6.45) is 37.2. The highest BCUT2D eigenvalue weighted by Crippen LogP contribution is 2.38. The summed E-state index contributed by atoms with van der Waals surface area (Å²) in [6.45, 7) is 5.30. The largest absolute Gasteiger partial charge is 0.756 e. The van der Waals surface area contributed by atoms with E-state index < -0.39 is 13.9 Å². The number of carbonyl (C=O) groups excluding carboxylic acids is 1. The zero-order valence-corrected chi connectivity index (χ0v) is 33.3. The highest BCUT2D eigenvalue weighted by atomic mass is 31.2. The summed E-state index contributed by atoms with van der Waals surface area (Å²) in [5, 5.41) is 0. The van der Waals surface area contributed by atoms with Crippen molar-refractivity contribution in [2.24, 2.45) is 0 Å². The number of quaternary nitrogens is 1. The molecule has 0 aliphatic heterocycles. The van der Waals surface area contributed by atoms with Gasteiger partial charge in [0.1, 0.15) is 19.3 Å². The van der Waals surface area contributed by atoms with E-state index in [1.165, 1.54) is 70.6 Å². The first-order valence-corrected chi connectivity index (χ1v) is 21.2. The van der Waals surface area contributed by atoms with Gasteiger partial charge in [-0.2, -0.15) is 0 Å². The molecule has 8 nitrogen and oxygen atoms in total. The van der Waals surface area contributed by atoms with Crippen LogP contribution in [0.5, 0.6) is 0 Å². The zero-order valence-electron chi connectivity index (χ0n) is 32.4. The third-order valence-electron chi connectivity index (χ3n) is 8.16. The summed E-state index contributed by atoms with van der Waals surface area (Å²) in [5.74, 6) is -0.351. The quantitative estimate of drug-likeness (QED) is 0.0210. The average molecular weight is 714 g/mol. The number of phosphoric acid groups is 1. The van der Waals surface area contributed by atoms with Crippen LogP contribution < -0.4 is 4.89 Å². The summed E-state index contributed by atoms with van der Waals surface area (Å²) >= 11 is 0. The van der Waals surface area contributed by atoms with Crippen LogP contribution in [0.15, 0.2) is 36.5 Å². The van der Waals surface area contributed by atoms with Crippen LogP contribution >= 0.6 is 7.82 Å². The molecule has 0 aromatic heterocycles. The van der Waals surface area contributed by atoms with Gasteiger partial charge in [0, 0.05) is 13.0 Å². The Bertz CT molecular complexity index is 884. The minimum absolute atomic E-state index is 0.0218. The van der Waals surface area contributed by atoms with Crippen molar-refractivity contribution in [3.8, 4) is 0 Å². The maximum absolute atomic E-state index is 12.6. The monoisotopic (exact) mass is 714 g/mol. The molecule has 9 heteroatoms. The van der Waals surface area contributed by atoms with Crippen molar-refractivity contribution in [2.45, 2.75) is 161 Å². The third-order valence-corrected chi connectivity index (χ3v) is 9.13. The summed E-state index contributed by atoms with van der Waals surface area (Å²) in [6, 6.07) is 0. The van der Waals surface area contributed by atoms with Crippen molar-refractivity contribution in [2.75, 3.05) is 54.1 Å². The molecule has 0 saturated heterocycles. The Morgan fingerprint density at radius 1 is 0.633 bits per heavy atom. The van der Waals surface area contributed by atoms with Crippen molar-refractivity contribution in [1.82, 2.24) is 0 Å². The van der Waals surface area contributed by atoms with E-state index >= 15 is 0 Å². The highest BCUT2D eigenvalue weighted by Gasteiger charge is 2.20. The van der Waals surface area contributed by atoms with Crippen molar-refractivity contribution >= 4 is 13.8 Å². The molecule has 0 N–H and O–H groups in total. The molecule has 0 bridgehead atoms. The van der Waals surface area contributed by atoms with E-state index in [2.05, 4.69) is 50.3 Å². The Labute approximate surface area is 302 Å². The van der Waals surface area contributed by atoms with Gasteiger partial charge >= 0.3 is 5.97 Å². The van der Waals surface area contributed by atoms with Crippen LogP contribution in [0.1, 0.15) is 155 Å². The van der Waals surface area contributed by atoms with E-state index in [0.717, 1.165) is 64.2 Å². The summed E-state index contributed by atoms with van der Waals surface area (Å²) in [7, 11) is 1.34. The van der Waals surface area contributed by atoms with E-state index in [0.29, 0.717) is 24.1 Å². The molecule has 288 valence electrons. The Kier molecular flexibility index (Phi) is 33.0. The predicted octanol–water partition coefficient (Wildman–Crippen LogP) is 10.4. The standard InChI is InChI=1S/C40H76NO7P/c1-6-8-10-12-14-16-18-19-20-21-22-24-26-28-30-32-35-45-37-39(38-47-49(43,44)46-36-34-41(3,4)5)48-40(42)33-31-29-27-25-23-17-15-13-11-9-7-2/h13-16,19-20,39H,6-12,17-18,21-38H2,1-5H3/b15-13-,16-14-,20-19-. The summed E-state index contributed by atoms with van der Waals surface area (Å²) < 4.78 is 34.4. The molecule has 49 heavy (non-hydrogen) atoms. The molecule has 2 unspecified atom stereocenters. The Morgan fingerprint density at radius 3 is 1.73 bits per heavy atom. The minimum atomic E-state index is -4.52. The first-order valence-electron chi connectivity index (χ1n) is 19.7. The molecule has 0 radical (unpaired) electrons. The molecule has 0 rings (SSSR count). The number of carbonyl (C=O) groups is 1. The predicted molar refractivity (Wildman–Crippen MR) is 203 cm³/mol. The van der Waals surface area contributed by atoms with Crippen molar-refractivity contribution < 1.29 is 37.3 Å². The van der Waals surface area contributed by atoms with Gasteiger partial charge in [-0.05, 0) is 64.2 Å². The molecular weight excluding hydrogens is 637 g/mol. The zero-order chi connectivity index (χ0) is 36.3. The number of ether oxygens (including phenoxy) is 2. The van der Waals surface area contributed by atoms with Crippen molar-refractivity contribution in [1.29, 1.82) is 0 Å². The van der Waals surface area contributed by atoms with Gasteiger partial charge in [-0.15, -0.1) is 0 Å². The summed E-state index contributed by atoms with van der Waals surface area (Å²) in [5.41, 5.74) is 0. The Balaban J connectivity index is 4.30. The number of unbranched alkanes of at least 4 members (excludes halogenated alkanes) is 16. The third kappa shape index (κ3) is 37.8. The van der Waals surface area contributed by atoms with Crippen LogP contribution in [0.25, 0.3) is 0 Å². The van der Waals surface area contributed by atoms with E-state index in [1.54, 1.807) is 0 Å². The van der Waals surface area contributed by atoms with Crippen molar-refractivity contribution in [3.05, 3.63) is 36.5 Å². The van der Waals surface area contributed by atoms with E-state index in [4.69, 9.17) is 18.5 Å². The number of hydrogen-bond donors (Lipinski definition) is 0. The van der Waals surface area contributed by atoms with Gasteiger partial charge < -0.3 is 27.9 Å². The van der Waals surface area contributed by atoms with Gasteiger partial charge in [0.05, 0.1) is 34.4 Å². The molecule has 2 atom stereocenters. The van der Waals surface area contributed by atoms with Crippen LogP contribution in [-0.4, -0.2) is 70.7 Å². The second-order valence-corrected chi connectivity index (χ2v) is 15.7. The fourth-order valence-electron chi connectivity index (χ4n) is 5.03. The molecule has 0 aliphatic rings. The fraction of sp³-hybridized carbons (Fsp3) is 0.825. The maximum atomic E-state index is 12.6. The van der Waals surface area contributed by atoms with Gasteiger partial charge in [0.25, 0.3) is 7.82 Å². The molecule has 0 aliphatic carbocycles. The number of likely N-dealkylation sites (N-methyl/N-ethyl adjacent to an activating group) is 1. The molecule has 0 amide bonds. The van der Waals surface area contributed by atoms with Gasteiger partial charge in [-0.1, -0.05) is 121 Å². The van der Waals surface area contributed by atoms with Gasteiger partial charge in [-0.25, -0.2) is 0 Å². The van der Waals surface area contributed by atoms with Gasteiger partial charge in [0.15, 0.2) is 0 Å². The van der Waals surface area contributed by atoms with Crippen molar-refractivity contribution in [3.63, 3.8) is 0 Å². The first-order chi connectivity index (χ1) is 23.6. The maximum Gasteiger partial charge on any atom is 0.306 e. The Morgan fingerprint density at radius 2 is 1.14 bits per heavy atom. The number of allylic oxidation sites excluding steroid dienone is 6. The topological polar surface area (TPSA) is 94.1 Å². The number of rotatable bonds is 36. The number of phosphoric ester groups is 1. The van der Waals surface area contributed by atoms with E-state index in [9.17, 15) is 14.3 Å². The highest BCUT2D eigenvalue weighted by molar-refractivity contribution is 7.45. The molecule has 0 aromatic carbocycles. The number of nitrogens with zero attached hydrogens (tertiary/aromatic N) is 1. The van der Waals surface area contributed by atoms with Crippen LogP contribution in [0.3, 0.4) is 0 Å². The molecule has 0 heterocycles. The van der Waals surface area contributed by atoms with E-state index in [1.807, 2.05) is 21.1 Å². The van der Waals surface area contributed by atoms with Crippen LogP contribution in [0.2, 0.25) is 0 Å². The number of hydrogen-bond acceptors (Lipinski definition) is 7. The second-order valence-electron chi connectivity index (χ2n) is 14.3. The fourth-order valence-corrected chi connectivity index (χ4v) is 5.75. The minimum Gasteiger partial charge on any atom is -0.756 e. The summed E-state index contributed by atoms with van der Waals surface area (Å²) in [4.78, 5) is 24.9. The lowest BCUT2D eigenvalue weighted by Gasteiger charge is -2.28. The lowest BCUT2D eigenvalue weighted by atomic mass is 10.1. The lowest BCUT2D eigenvalue weighted by molar-refractivity contribution is -0.870. The Hall–Kier alpha value is -1.28. The SMILES string of the molecule is CCCC/C=C\CCCCCCCC(=O)OC(COCCCCCCCC/C=C\C/C=C\CCCCC)COP(=O)([O-])OCC[N+](C)(C)C. The molecule has 0 spiro atoms. The second kappa shape index (κ2) is 33.8. The number of esters is 1. The lowest BCUT2D eigenvalue weighted by Crippen LogP contribution is -2.37. The first kappa shape index (κ1) is 47.7. The molecular formula is C40H76NO7P. The molecule has 0 fully saturated rings. The van der Waals surface area contributed by atoms with Crippen LogP contribution in [-0.2, 0) is 27.9 Å². The van der Waals surface area contributed by atoms with Crippen LogP contribution in [0, 0.1) is 0 Å². The normalized spacial score (nSPS) is 14.3. The van der Waals surface area contributed by atoms with Gasteiger partial charge in [0.2, 0.25) is 0 Å². The van der Waals surface area contributed by atoms with Crippen LogP contribution in [0.4, 0.5) is 0 Å². The molecule has 0 saturated carbocycles. The van der Waals surface area contributed by atoms with E-state index in [-0.39, 0.29) is 25.8 Å². The average Bonchev–Trinajstić information content (AvgIpc) is 3.04.